The van der Waals surface area contributed by atoms with Gasteiger partial charge in [-0.2, -0.15) is 0 Å². The van der Waals surface area contributed by atoms with Gasteiger partial charge < -0.3 is 10.1 Å². The highest BCUT2D eigenvalue weighted by molar-refractivity contribution is 7.09. The van der Waals surface area contributed by atoms with E-state index in [2.05, 4.69) is 33.1 Å². The van der Waals surface area contributed by atoms with Crippen molar-refractivity contribution in [2.75, 3.05) is 20.3 Å². The molecule has 0 bridgehead atoms. The zero-order valence-electron chi connectivity index (χ0n) is 10.5. The van der Waals surface area contributed by atoms with E-state index in [4.69, 9.17) is 4.74 Å². The number of hydrogen-bond acceptors (Lipinski definition) is 5. The molecule has 0 aromatic carbocycles. The van der Waals surface area contributed by atoms with E-state index in [0.29, 0.717) is 6.61 Å². The van der Waals surface area contributed by atoms with Crippen LogP contribution in [0.5, 0.6) is 0 Å². The third kappa shape index (κ3) is 4.21. The van der Waals surface area contributed by atoms with Gasteiger partial charge in [0.15, 0.2) is 0 Å². The predicted molar refractivity (Wildman–Crippen MR) is 71.6 cm³/mol. The maximum absolute atomic E-state index is 5.58. The molecule has 6 heteroatoms. The van der Waals surface area contributed by atoms with E-state index < -0.39 is 0 Å². The first-order chi connectivity index (χ1) is 8.88. The number of nitrogens with one attached hydrogen (secondary N) is 1. The van der Waals surface area contributed by atoms with E-state index in [1.165, 1.54) is 4.88 Å². The average molecular weight is 266 g/mol. The SMILES string of the molecule is CNCc1cn(CCOCCc2cccs2)nn1. The van der Waals surface area contributed by atoms with Gasteiger partial charge in [0.1, 0.15) is 0 Å². The summed E-state index contributed by atoms with van der Waals surface area (Å²) in [7, 11) is 1.90. The number of rotatable bonds is 8. The predicted octanol–water partition coefficient (Wildman–Crippen LogP) is 1.32. The van der Waals surface area contributed by atoms with Crippen LogP contribution in [0.1, 0.15) is 10.6 Å². The van der Waals surface area contributed by atoms with Gasteiger partial charge in [0.25, 0.3) is 0 Å². The van der Waals surface area contributed by atoms with Crippen molar-refractivity contribution in [3.05, 3.63) is 34.3 Å². The minimum Gasteiger partial charge on any atom is -0.379 e. The molecule has 2 aromatic rings. The Labute approximate surface area is 111 Å². The normalized spacial score (nSPS) is 10.9. The van der Waals surface area contributed by atoms with Crippen LogP contribution in [0.3, 0.4) is 0 Å². The van der Waals surface area contributed by atoms with E-state index >= 15 is 0 Å². The molecule has 18 heavy (non-hydrogen) atoms. The summed E-state index contributed by atoms with van der Waals surface area (Å²) in [4.78, 5) is 1.37. The molecular formula is C12H18N4OS. The first-order valence-corrected chi connectivity index (χ1v) is 6.90. The summed E-state index contributed by atoms with van der Waals surface area (Å²) in [5.74, 6) is 0. The summed E-state index contributed by atoms with van der Waals surface area (Å²) in [6.45, 7) is 2.94. The van der Waals surface area contributed by atoms with E-state index in [9.17, 15) is 0 Å². The van der Waals surface area contributed by atoms with Crippen molar-refractivity contribution >= 4 is 11.3 Å². The van der Waals surface area contributed by atoms with E-state index in [1.54, 1.807) is 11.3 Å². The third-order valence-electron chi connectivity index (χ3n) is 2.48. The van der Waals surface area contributed by atoms with Gasteiger partial charge in [-0.1, -0.05) is 11.3 Å². The molecule has 0 aliphatic rings. The summed E-state index contributed by atoms with van der Waals surface area (Å²) in [5.41, 5.74) is 0.955. The molecule has 0 aliphatic heterocycles. The van der Waals surface area contributed by atoms with Crippen LogP contribution in [0.4, 0.5) is 0 Å². The van der Waals surface area contributed by atoms with Crippen LogP contribution < -0.4 is 5.32 Å². The fourth-order valence-electron chi connectivity index (χ4n) is 1.60. The first kappa shape index (κ1) is 13.2. The minimum absolute atomic E-state index is 0.674. The summed E-state index contributed by atoms with van der Waals surface area (Å²) in [6, 6.07) is 4.20. The molecule has 0 aliphatic carbocycles. The van der Waals surface area contributed by atoms with Crippen LogP contribution in [0.15, 0.2) is 23.7 Å². The molecule has 2 rings (SSSR count). The molecule has 0 amide bonds. The Morgan fingerprint density at radius 2 is 2.39 bits per heavy atom. The molecule has 0 fully saturated rings. The van der Waals surface area contributed by atoms with Crippen LogP contribution in [0.25, 0.3) is 0 Å². The standard InChI is InChI=1S/C12H18N4OS/c1-13-9-11-10-16(15-14-11)5-7-17-6-4-12-3-2-8-18-12/h2-3,8,10,13H,4-7,9H2,1H3. The van der Waals surface area contributed by atoms with E-state index in [1.807, 2.05) is 17.9 Å². The lowest BCUT2D eigenvalue weighted by atomic mass is 10.4. The van der Waals surface area contributed by atoms with Crippen molar-refractivity contribution in [3.8, 4) is 0 Å². The summed E-state index contributed by atoms with van der Waals surface area (Å²) in [6.07, 6.45) is 2.93. The van der Waals surface area contributed by atoms with Gasteiger partial charge in [-0.15, -0.1) is 16.4 Å². The van der Waals surface area contributed by atoms with Crippen LogP contribution in [-0.4, -0.2) is 35.3 Å². The lowest BCUT2D eigenvalue weighted by molar-refractivity contribution is 0.126. The first-order valence-electron chi connectivity index (χ1n) is 6.02. The van der Waals surface area contributed by atoms with Gasteiger partial charge >= 0.3 is 0 Å². The molecule has 0 saturated heterocycles. The quantitative estimate of drug-likeness (QED) is 0.732. The zero-order valence-corrected chi connectivity index (χ0v) is 11.3. The number of hydrogen-bond donors (Lipinski definition) is 1. The lowest BCUT2D eigenvalue weighted by Gasteiger charge is -2.02. The Bertz CT molecular complexity index is 441. The Kier molecular flexibility index (Phi) is 5.32. The van der Waals surface area contributed by atoms with Crippen LogP contribution in [0.2, 0.25) is 0 Å². The zero-order chi connectivity index (χ0) is 12.6. The molecule has 98 valence electrons. The molecule has 2 heterocycles. The van der Waals surface area contributed by atoms with Crippen molar-refractivity contribution in [3.63, 3.8) is 0 Å². The molecule has 0 radical (unpaired) electrons. The Morgan fingerprint density at radius 3 is 3.17 bits per heavy atom. The molecule has 0 unspecified atom stereocenters. The summed E-state index contributed by atoms with van der Waals surface area (Å²) >= 11 is 1.77. The Balaban J connectivity index is 1.59. The van der Waals surface area contributed by atoms with E-state index in [-0.39, 0.29) is 0 Å². The molecule has 0 spiro atoms. The maximum Gasteiger partial charge on any atom is 0.0964 e. The number of ether oxygens (including phenoxy) is 1. The topological polar surface area (TPSA) is 52.0 Å². The Morgan fingerprint density at radius 1 is 1.44 bits per heavy atom. The third-order valence-corrected chi connectivity index (χ3v) is 3.42. The van der Waals surface area contributed by atoms with Gasteiger partial charge in [-0.05, 0) is 18.5 Å². The summed E-state index contributed by atoms with van der Waals surface area (Å²) in [5, 5.41) is 13.2. The van der Waals surface area contributed by atoms with Crippen LogP contribution in [0, 0.1) is 0 Å². The van der Waals surface area contributed by atoms with Gasteiger partial charge in [0, 0.05) is 24.0 Å². The second-order valence-electron chi connectivity index (χ2n) is 3.95. The molecule has 1 N–H and O–H groups in total. The molecular weight excluding hydrogens is 248 g/mol. The number of aromatic nitrogens is 3. The van der Waals surface area contributed by atoms with Crippen LogP contribution >= 0.6 is 11.3 Å². The highest BCUT2D eigenvalue weighted by Crippen LogP contribution is 2.08. The van der Waals surface area contributed by atoms with Crippen LogP contribution in [-0.2, 0) is 24.2 Å². The summed E-state index contributed by atoms with van der Waals surface area (Å²) < 4.78 is 7.40. The van der Waals surface area contributed by atoms with Gasteiger partial charge in [-0.3, -0.25) is 0 Å². The largest absolute Gasteiger partial charge is 0.379 e. The van der Waals surface area contributed by atoms with Crippen molar-refractivity contribution in [2.45, 2.75) is 19.5 Å². The number of nitrogens with zero attached hydrogens (tertiary/aromatic N) is 3. The molecule has 2 aromatic heterocycles. The van der Waals surface area contributed by atoms with E-state index in [0.717, 1.165) is 31.8 Å². The molecule has 0 saturated carbocycles. The fourth-order valence-corrected chi connectivity index (χ4v) is 2.29. The second-order valence-corrected chi connectivity index (χ2v) is 4.98. The lowest BCUT2D eigenvalue weighted by Crippen LogP contribution is -2.08. The van der Waals surface area contributed by atoms with Gasteiger partial charge in [0.05, 0.1) is 25.5 Å². The highest BCUT2D eigenvalue weighted by atomic mass is 32.1. The Hall–Kier alpha value is -1.24. The number of thiophene rings is 1. The highest BCUT2D eigenvalue weighted by Gasteiger charge is 1.99. The second kappa shape index (κ2) is 7.25. The average Bonchev–Trinajstić information content (AvgIpc) is 3.01. The van der Waals surface area contributed by atoms with Gasteiger partial charge in [0.2, 0.25) is 0 Å². The fraction of sp³-hybridized carbons (Fsp3) is 0.500. The van der Waals surface area contributed by atoms with Crippen molar-refractivity contribution in [1.82, 2.24) is 20.3 Å². The van der Waals surface area contributed by atoms with Crippen molar-refractivity contribution in [2.24, 2.45) is 0 Å². The van der Waals surface area contributed by atoms with Crippen molar-refractivity contribution < 1.29 is 4.74 Å². The molecule has 5 nitrogen and oxygen atoms in total. The molecule has 0 atom stereocenters. The van der Waals surface area contributed by atoms with Crippen molar-refractivity contribution in [1.29, 1.82) is 0 Å². The maximum atomic E-state index is 5.58. The minimum atomic E-state index is 0.674. The smallest absolute Gasteiger partial charge is 0.0964 e. The van der Waals surface area contributed by atoms with Gasteiger partial charge in [-0.25, -0.2) is 4.68 Å². The monoisotopic (exact) mass is 266 g/mol.